The molecule has 0 spiro atoms. The minimum atomic E-state index is -0.327. The van der Waals surface area contributed by atoms with Crippen LogP contribution in [-0.2, 0) is 0 Å². The van der Waals surface area contributed by atoms with Crippen LogP contribution in [0.2, 0.25) is 0 Å². The summed E-state index contributed by atoms with van der Waals surface area (Å²) in [5.74, 6) is 0. The number of nitrogens with zero attached hydrogens (tertiary/aromatic N) is 2. The summed E-state index contributed by atoms with van der Waals surface area (Å²) in [5.41, 5.74) is 1.70. The Hall–Kier alpha value is -2.88. The fourth-order valence-corrected chi connectivity index (χ4v) is 2.79. The molecule has 1 aromatic heterocycles. The highest BCUT2D eigenvalue weighted by atomic mass is 16.2. The van der Waals surface area contributed by atoms with E-state index in [9.17, 15) is 9.59 Å². The van der Waals surface area contributed by atoms with Gasteiger partial charge in [-0.05, 0) is 31.5 Å². The second-order valence-corrected chi connectivity index (χ2v) is 5.53. The molecule has 0 saturated carbocycles. The zero-order valence-corrected chi connectivity index (χ0v) is 13.1. The maximum atomic E-state index is 13.0. The largest absolute Gasteiger partial charge is 0.336 e. The predicted molar refractivity (Wildman–Crippen MR) is 91.3 cm³/mol. The van der Waals surface area contributed by atoms with Gasteiger partial charge >= 0.3 is 5.69 Å². The Kier molecular flexibility index (Phi) is 3.98. The molecule has 0 aliphatic carbocycles. The van der Waals surface area contributed by atoms with E-state index in [0.717, 1.165) is 11.3 Å². The van der Waals surface area contributed by atoms with Crippen LogP contribution in [0.5, 0.6) is 0 Å². The van der Waals surface area contributed by atoms with Crippen molar-refractivity contribution in [3.63, 3.8) is 0 Å². The lowest BCUT2D eigenvalue weighted by Gasteiger charge is -2.18. The van der Waals surface area contributed by atoms with Crippen molar-refractivity contribution >= 4 is 0 Å². The number of rotatable bonds is 3. The summed E-state index contributed by atoms with van der Waals surface area (Å²) < 4.78 is 2.87. The van der Waals surface area contributed by atoms with Crippen molar-refractivity contribution in [1.29, 1.82) is 0 Å². The number of aryl methyl sites for hydroxylation is 1. The standard InChI is InChI=1S/C19H18N2O2/c1-14-13-18(22)21(15(2)16-9-5-3-6-10-16)19(23)20(14)17-11-7-4-8-12-17/h3-13,15H,1-2H3. The predicted octanol–water partition coefficient (Wildman–Crippen LogP) is 2.92. The molecule has 1 atom stereocenters. The van der Waals surface area contributed by atoms with Crippen LogP contribution in [0.3, 0.4) is 0 Å². The topological polar surface area (TPSA) is 44.0 Å². The molecular formula is C19H18N2O2. The Morgan fingerprint density at radius 1 is 0.870 bits per heavy atom. The summed E-state index contributed by atoms with van der Waals surface area (Å²) in [6.07, 6.45) is 0. The van der Waals surface area contributed by atoms with E-state index in [0.29, 0.717) is 5.69 Å². The lowest BCUT2D eigenvalue weighted by atomic mass is 10.1. The highest BCUT2D eigenvalue weighted by molar-refractivity contribution is 5.33. The number of hydrogen-bond acceptors (Lipinski definition) is 2. The van der Waals surface area contributed by atoms with Crippen molar-refractivity contribution in [2.24, 2.45) is 0 Å². The molecule has 3 aromatic rings. The maximum Gasteiger partial charge on any atom is 0.336 e. The third kappa shape index (κ3) is 2.75. The van der Waals surface area contributed by atoms with Gasteiger partial charge in [0, 0.05) is 11.8 Å². The SMILES string of the molecule is Cc1cc(=O)n(C(C)c2ccccc2)c(=O)n1-c1ccccc1. The van der Waals surface area contributed by atoms with Crippen LogP contribution < -0.4 is 11.2 Å². The Morgan fingerprint density at radius 3 is 2.04 bits per heavy atom. The van der Waals surface area contributed by atoms with E-state index in [-0.39, 0.29) is 17.3 Å². The van der Waals surface area contributed by atoms with E-state index >= 15 is 0 Å². The van der Waals surface area contributed by atoms with E-state index < -0.39 is 0 Å². The number of benzene rings is 2. The summed E-state index contributed by atoms with van der Waals surface area (Å²) in [5, 5.41) is 0. The van der Waals surface area contributed by atoms with Crippen molar-refractivity contribution in [3.05, 3.63) is 98.8 Å². The smallest absolute Gasteiger partial charge is 0.269 e. The minimum Gasteiger partial charge on any atom is -0.269 e. The summed E-state index contributed by atoms with van der Waals surface area (Å²) in [4.78, 5) is 25.4. The van der Waals surface area contributed by atoms with Crippen LogP contribution in [0.25, 0.3) is 5.69 Å². The first-order chi connectivity index (χ1) is 11.1. The van der Waals surface area contributed by atoms with Gasteiger partial charge in [0.2, 0.25) is 0 Å². The van der Waals surface area contributed by atoms with Crippen molar-refractivity contribution in [2.75, 3.05) is 0 Å². The molecule has 0 fully saturated rings. The number of hydrogen-bond donors (Lipinski definition) is 0. The van der Waals surface area contributed by atoms with Crippen molar-refractivity contribution in [1.82, 2.24) is 9.13 Å². The van der Waals surface area contributed by atoms with E-state index in [4.69, 9.17) is 0 Å². The molecule has 1 unspecified atom stereocenters. The summed E-state index contributed by atoms with van der Waals surface area (Å²) in [7, 11) is 0. The van der Waals surface area contributed by atoms with Crippen LogP contribution in [0.15, 0.2) is 76.3 Å². The van der Waals surface area contributed by atoms with Gasteiger partial charge in [0.05, 0.1) is 11.7 Å². The Labute approximate surface area is 134 Å². The average molecular weight is 306 g/mol. The van der Waals surface area contributed by atoms with Gasteiger partial charge in [-0.1, -0.05) is 48.5 Å². The molecule has 2 aromatic carbocycles. The van der Waals surface area contributed by atoms with Crippen LogP contribution in [0, 0.1) is 6.92 Å². The van der Waals surface area contributed by atoms with Crippen LogP contribution >= 0.6 is 0 Å². The maximum absolute atomic E-state index is 13.0. The van der Waals surface area contributed by atoms with Crippen molar-refractivity contribution < 1.29 is 0 Å². The molecule has 1 heterocycles. The first-order valence-electron chi connectivity index (χ1n) is 7.55. The molecule has 4 heteroatoms. The third-order valence-electron chi connectivity index (χ3n) is 4.00. The highest BCUT2D eigenvalue weighted by Crippen LogP contribution is 2.14. The second kappa shape index (κ2) is 6.08. The van der Waals surface area contributed by atoms with Crippen LogP contribution in [0.1, 0.15) is 24.2 Å². The van der Waals surface area contributed by atoms with Gasteiger partial charge in [-0.25, -0.2) is 4.79 Å². The van der Waals surface area contributed by atoms with Crippen molar-refractivity contribution in [2.45, 2.75) is 19.9 Å². The molecule has 0 radical (unpaired) electrons. The van der Waals surface area contributed by atoms with Crippen molar-refractivity contribution in [3.8, 4) is 5.69 Å². The molecule has 0 aliphatic heterocycles. The van der Waals surface area contributed by atoms with Crippen LogP contribution in [-0.4, -0.2) is 9.13 Å². The van der Waals surface area contributed by atoms with Crippen LogP contribution in [0.4, 0.5) is 0 Å². The third-order valence-corrected chi connectivity index (χ3v) is 4.00. The van der Waals surface area contributed by atoms with E-state index in [1.807, 2.05) is 67.6 Å². The molecule has 0 aliphatic rings. The molecule has 4 nitrogen and oxygen atoms in total. The lowest BCUT2D eigenvalue weighted by Crippen LogP contribution is -2.41. The summed E-state index contributed by atoms with van der Waals surface area (Å²) >= 11 is 0. The number of aromatic nitrogens is 2. The van der Waals surface area contributed by atoms with Gasteiger partial charge in [0.15, 0.2) is 0 Å². The molecule has 0 saturated heterocycles. The summed E-state index contributed by atoms with van der Waals surface area (Å²) in [6, 6.07) is 20.1. The first-order valence-corrected chi connectivity index (χ1v) is 7.55. The van der Waals surface area contributed by atoms with Gasteiger partial charge in [0.25, 0.3) is 5.56 Å². The minimum absolute atomic E-state index is 0.281. The monoisotopic (exact) mass is 306 g/mol. The first kappa shape index (κ1) is 15.0. The zero-order chi connectivity index (χ0) is 16.4. The fraction of sp³-hybridized carbons (Fsp3) is 0.158. The molecule has 0 N–H and O–H groups in total. The van der Waals surface area contributed by atoms with Gasteiger partial charge in [0.1, 0.15) is 0 Å². The lowest BCUT2D eigenvalue weighted by molar-refractivity contribution is 0.558. The Bertz CT molecular complexity index is 925. The quantitative estimate of drug-likeness (QED) is 0.747. The molecule has 0 bridgehead atoms. The zero-order valence-electron chi connectivity index (χ0n) is 13.1. The van der Waals surface area contributed by atoms with E-state index in [1.165, 1.54) is 10.6 Å². The van der Waals surface area contributed by atoms with Gasteiger partial charge in [-0.3, -0.25) is 13.9 Å². The molecule has 23 heavy (non-hydrogen) atoms. The average Bonchev–Trinajstić information content (AvgIpc) is 2.56. The molecule has 3 rings (SSSR count). The van der Waals surface area contributed by atoms with Gasteiger partial charge < -0.3 is 0 Å². The summed E-state index contributed by atoms with van der Waals surface area (Å²) in [6.45, 7) is 3.64. The second-order valence-electron chi connectivity index (χ2n) is 5.53. The van der Waals surface area contributed by atoms with Gasteiger partial charge in [-0.15, -0.1) is 0 Å². The fourth-order valence-electron chi connectivity index (χ4n) is 2.79. The molecular weight excluding hydrogens is 288 g/mol. The highest BCUT2D eigenvalue weighted by Gasteiger charge is 2.16. The van der Waals surface area contributed by atoms with E-state index in [2.05, 4.69) is 0 Å². The molecule has 116 valence electrons. The Balaban J connectivity index is 2.23. The molecule has 0 amide bonds. The van der Waals surface area contributed by atoms with E-state index in [1.54, 1.807) is 11.5 Å². The Morgan fingerprint density at radius 2 is 1.43 bits per heavy atom. The number of para-hydroxylation sites is 1. The van der Waals surface area contributed by atoms with Gasteiger partial charge in [-0.2, -0.15) is 0 Å². The normalized spacial score (nSPS) is 12.1.